The maximum absolute atomic E-state index is 12.8. The van der Waals surface area contributed by atoms with E-state index in [4.69, 9.17) is 15.5 Å². The molecule has 32 heavy (non-hydrogen) atoms. The van der Waals surface area contributed by atoms with Crippen molar-refractivity contribution in [1.82, 2.24) is 24.6 Å². The predicted molar refractivity (Wildman–Crippen MR) is 118 cm³/mol. The largest absolute Gasteiger partial charge is 0.368 e. The molecule has 9 nitrogen and oxygen atoms in total. The number of hydrogen-bond donors (Lipinski definition) is 1. The van der Waals surface area contributed by atoms with Gasteiger partial charge in [-0.25, -0.2) is 14.6 Å². The number of benzene rings is 1. The van der Waals surface area contributed by atoms with Crippen molar-refractivity contribution in [3.8, 4) is 11.3 Å². The van der Waals surface area contributed by atoms with Crippen molar-refractivity contribution < 1.29 is 14.3 Å². The molecule has 2 N–H and O–H groups in total. The maximum Gasteiger partial charge on any atom is 0.248 e. The molecule has 0 bridgehead atoms. The van der Waals surface area contributed by atoms with Crippen molar-refractivity contribution in [3.05, 3.63) is 65.4 Å². The van der Waals surface area contributed by atoms with Crippen molar-refractivity contribution in [1.29, 1.82) is 0 Å². The van der Waals surface area contributed by atoms with E-state index in [0.717, 1.165) is 22.8 Å². The van der Waals surface area contributed by atoms with Gasteiger partial charge in [-0.3, -0.25) is 9.59 Å². The zero-order valence-corrected chi connectivity index (χ0v) is 18.2. The molecule has 1 saturated heterocycles. The van der Waals surface area contributed by atoms with Crippen molar-refractivity contribution in [2.24, 2.45) is 5.73 Å². The second-order valence-electron chi connectivity index (χ2n) is 7.77. The Hall–Kier alpha value is -3.59. The molecule has 4 rings (SSSR count). The zero-order chi connectivity index (χ0) is 22.7. The van der Waals surface area contributed by atoms with E-state index in [1.165, 1.54) is 0 Å². The molecule has 0 spiro atoms. The minimum atomic E-state index is -0.465. The molecule has 3 aromatic rings. The third kappa shape index (κ3) is 4.83. The van der Waals surface area contributed by atoms with Gasteiger partial charge in [0.25, 0.3) is 0 Å². The van der Waals surface area contributed by atoms with Crippen LogP contribution in [0.4, 0.5) is 0 Å². The molecule has 0 aliphatic carbocycles. The molecule has 1 aromatic carbocycles. The summed E-state index contributed by atoms with van der Waals surface area (Å²) in [6.45, 7) is 5.68. The van der Waals surface area contributed by atoms with E-state index < -0.39 is 5.91 Å². The summed E-state index contributed by atoms with van der Waals surface area (Å²) in [5.41, 5.74) is 8.17. The second-order valence-corrected chi connectivity index (χ2v) is 7.77. The fraction of sp³-hybridized carbons (Fsp3) is 0.348. The molecule has 2 amide bonds. The SMILES string of the molecule is Cc1nc(C)n(CCC(=O)N2CCO[C@@H](c3cccc(-c4ccc(C(N)=O)cc4)n3)C2)n1. The minimum Gasteiger partial charge on any atom is -0.368 e. The van der Waals surface area contributed by atoms with Gasteiger partial charge in [-0.15, -0.1) is 0 Å². The van der Waals surface area contributed by atoms with Gasteiger partial charge < -0.3 is 15.4 Å². The van der Waals surface area contributed by atoms with Crippen LogP contribution in [-0.2, 0) is 16.1 Å². The maximum atomic E-state index is 12.8. The molecular weight excluding hydrogens is 408 g/mol. The molecule has 0 unspecified atom stereocenters. The van der Waals surface area contributed by atoms with E-state index >= 15 is 0 Å². The Kier molecular flexibility index (Phi) is 6.27. The van der Waals surface area contributed by atoms with Gasteiger partial charge in [0.05, 0.1) is 31.1 Å². The molecule has 1 aliphatic heterocycles. The van der Waals surface area contributed by atoms with Gasteiger partial charge in [0.15, 0.2) is 0 Å². The van der Waals surface area contributed by atoms with Crippen molar-refractivity contribution >= 4 is 11.8 Å². The van der Waals surface area contributed by atoms with E-state index in [-0.39, 0.29) is 12.0 Å². The monoisotopic (exact) mass is 434 g/mol. The Bertz CT molecular complexity index is 1130. The number of nitrogens with zero attached hydrogens (tertiary/aromatic N) is 5. The van der Waals surface area contributed by atoms with Crippen LogP contribution in [0.5, 0.6) is 0 Å². The number of ether oxygens (including phenoxy) is 1. The summed E-state index contributed by atoms with van der Waals surface area (Å²) >= 11 is 0. The van der Waals surface area contributed by atoms with Crippen LogP contribution in [0.25, 0.3) is 11.3 Å². The number of carbonyl (C=O) groups is 2. The first-order valence-corrected chi connectivity index (χ1v) is 10.6. The van der Waals surface area contributed by atoms with Crippen molar-refractivity contribution in [2.75, 3.05) is 19.7 Å². The molecular formula is C23H26N6O3. The predicted octanol–water partition coefficient (Wildman–Crippen LogP) is 2.05. The molecule has 0 saturated carbocycles. The van der Waals surface area contributed by atoms with Crippen molar-refractivity contribution in [3.63, 3.8) is 0 Å². The average Bonchev–Trinajstić information content (AvgIpc) is 3.14. The second kappa shape index (κ2) is 9.27. The van der Waals surface area contributed by atoms with Crippen LogP contribution in [-0.4, -0.2) is 56.2 Å². The fourth-order valence-electron chi connectivity index (χ4n) is 3.78. The summed E-state index contributed by atoms with van der Waals surface area (Å²) in [5.74, 6) is 1.11. The van der Waals surface area contributed by atoms with Crippen LogP contribution >= 0.6 is 0 Å². The standard InChI is InChI=1S/C23H26N6O3/c1-15-25-16(2)29(27-15)11-10-22(30)28-12-13-32-21(14-28)20-5-3-4-19(26-20)17-6-8-18(9-7-17)23(24)31/h3-9,21H,10-14H2,1-2H3,(H2,24,31)/t21-/m1/s1. The Balaban J connectivity index is 1.42. The van der Waals surface area contributed by atoms with Crippen molar-refractivity contribution in [2.45, 2.75) is 32.9 Å². The van der Waals surface area contributed by atoms with Crippen LogP contribution in [0.2, 0.25) is 0 Å². The van der Waals surface area contributed by atoms with Gasteiger partial charge >= 0.3 is 0 Å². The number of primary amides is 1. The topological polar surface area (TPSA) is 116 Å². The highest BCUT2D eigenvalue weighted by molar-refractivity contribution is 5.93. The highest BCUT2D eigenvalue weighted by atomic mass is 16.5. The fourth-order valence-corrected chi connectivity index (χ4v) is 3.78. The van der Waals surface area contributed by atoms with Crippen LogP contribution in [0.15, 0.2) is 42.5 Å². The van der Waals surface area contributed by atoms with Crippen LogP contribution in [0, 0.1) is 13.8 Å². The number of hydrogen-bond acceptors (Lipinski definition) is 6. The lowest BCUT2D eigenvalue weighted by Crippen LogP contribution is -2.42. The number of amides is 2. The van der Waals surface area contributed by atoms with Gasteiger partial charge in [0.1, 0.15) is 17.8 Å². The van der Waals surface area contributed by atoms with Gasteiger partial charge in [0.2, 0.25) is 11.8 Å². The number of rotatable bonds is 6. The third-order valence-electron chi connectivity index (χ3n) is 5.48. The Morgan fingerprint density at radius 3 is 2.59 bits per heavy atom. The quantitative estimate of drug-likeness (QED) is 0.635. The average molecular weight is 435 g/mol. The molecule has 166 valence electrons. The molecule has 9 heteroatoms. The number of morpholine rings is 1. The minimum absolute atomic E-state index is 0.0593. The van der Waals surface area contributed by atoms with E-state index in [0.29, 0.717) is 44.0 Å². The molecule has 2 aromatic heterocycles. The first kappa shape index (κ1) is 21.6. The first-order chi connectivity index (χ1) is 15.4. The first-order valence-electron chi connectivity index (χ1n) is 10.6. The third-order valence-corrected chi connectivity index (χ3v) is 5.48. The summed E-state index contributed by atoms with van der Waals surface area (Å²) in [6.07, 6.45) is 0.0589. The van der Waals surface area contributed by atoms with E-state index in [2.05, 4.69) is 10.1 Å². The Morgan fingerprint density at radius 1 is 1.12 bits per heavy atom. The summed E-state index contributed by atoms with van der Waals surface area (Å²) in [6, 6.07) is 12.7. The lowest BCUT2D eigenvalue weighted by molar-refractivity contribution is -0.139. The summed E-state index contributed by atoms with van der Waals surface area (Å²) in [5, 5.41) is 4.32. The van der Waals surface area contributed by atoms with E-state index in [9.17, 15) is 9.59 Å². The lowest BCUT2D eigenvalue weighted by Gasteiger charge is -2.33. The number of pyridine rings is 1. The zero-order valence-electron chi connectivity index (χ0n) is 18.2. The Labute approximate surface area is 186 Å². The highest BCUT2D eigenvalue weighted by Gasteiger charge is 2.26. The summed E-state index contributed by atoms with van der Waals surface area (Å²) in [4.78, 5) is 34.9. The highest BCUT2D eigenvalue weighted by Crippen LogP contribution is 2.25. The van der Waals surface area contributed by atoms with Crippen LogP contribution in [0.3, 0.4) is 0 Å². The summed E-state index contributed by atoms with van der Waals surface area (Å²) < 4.78 is 7.69. The number of aromatic nitrogens is 4. The van der Waals surface area contributed by atoms with Gasteiger partial charge in [0, 0.05) is 24.1 Å². The summed E-state index contributed by atoms with van der Waals surface area (Å²) in [7, 11) is 0. The molecule has 1 atom stereocenters. The number of nitrogens with two attached hydrogens (primary N) is 1. The molecule has 1 fully saturated rings. The molecule has 1 aliphatic rings. The number of carbonyl (C=O) groups excluding carboxylic acids is 2. The smallest absolute Gasteiger partial charge is 0.248 e. The van der Waals surface area contributed by atoms with Crippen LogP contribution < -0.4 is 5.73 Å². The van der Waals surface area contributed by atoms with Gasteiger partial charge in [-0.1, -0.05) is 18.2 Å². The van der Waals surface area contributed by atoms with Crippen LogP contribution in [0.1, 0.15) is 40.2 Å². The van der Waals surface area contributed by atoms with Gasteiger partial charge in [-0.05, 0) is 38.1 Å². The number of aryl methyl sites for hydroxylation is 3. The van der Waals surface area contributed by atoms with Gasteiger partial charge in [-0.2, -0.15) is 5.10 Å². The van der Waals surface area contributed by atoms with E-state index in [1.807, 2.05) is 49.1 Å². The molecule has 3 heterocycles. The normalized spacial score (nSPS) is 16.2. The lowest BCUT2D eigenvalue weighted by atomic mass is 10.1. The molecule has 0 radical (unpaired) electrons. The Morgan fingerprint density at radius 2 is 1.91 bits per heavy atom. The van der Waals surface area contributed by atoms with E-state index in [1.54, 1.807) is 16.8 Å².